The molecule has 1 saturated heterocycles. The van der Waals surface area contributed by atoms with Crippen molar-refractivity contribution in [2.24, 2.45) is 0 Å². The summed E-state index contributed by atoms with van der Waals surface area (Å²) in [4.78, 5) is 0. The second-order valence-corrected chi connectivity index (χ2v) is 4.94. The molecule has 0 aromatic rings. The van der Waals surface area contributed by atoms with Gasteiger partial charge in [-0.25, -0.2) is 0 Å². The molecule has 12 heavy (non-hydrogen) atoms. The Morgan fingerprint density at radius 3 is 2.75 bits per heavy atom. The highest BCUT2D eigenvalue weighted by atomic mass is 31.1. The van der Waals surface area contributed by atoms with E-state index in [1.54, 1.807) is 7.11 Å². The minimum atomic E-state index is -0.411. The van der Waals surface area contributed by atoms with Crippen LogP contribution < -0.4 is 0 Å². The van der Waals surface area contributed by atoms with Crippen LogP contribution in [0.4, 0.5) is 0 Å². The first kappa shape index (κ1) is 10.4. The summed E-state index contributed by atoms with van der Waals surface area (Å²) in [5.41, 5.74) is 0. The molecule has 1 aliphatic heterocycles. The van der Waals surface area contributed by atoms with Gasteiger partial charge in [0.15, 0.2) is 6.29 Å². The van der Waals surface area contributed by atoms with Gasteiger partial charge in [0.05, 0.1) is 20.6 Å². The maximum absolute atomic E-state index is 5.51. The molecule has 1 aliphatic rings. The summed E-state index contributed by atoms with van der Waals surface area (Å²) in [5.74, 6) is 0. The number of ether oxygens (including phenoxy) is 2. The van der Waals surface area contributed by atoms with Gasteiger partial charge >= 0.3 is 0 Å². The fourth-order valence-corrected chi connectivity index (χ4v) is 1.61. The van der Waals surface area contributed by atoms with Crippen molar-refractivity contribution in [3.8, 4) is 0 Å². The zero-order valence-corrected chi connectivity index (χ0v) is 8.84. The normalized spacial score (nSPS) is 32.2. The third-order valence-electron chi connectivity index (χ3n) is 1.95. The molecule has 4 heteroatoms. The molecule has 3 atom stereocenters. The lowest BCUT2D eigenvalue weighted by molar-refractivity contribution is -0.117. The quantitative estimate of drug-likeness (QED) is 0.639. The summed E-state index contributed by atoms with van der Waals surface area (Å²) in [5, 5.41) is 0. The molecular weight excluding hydrogens is 175 g/mol. The lowest BCUT2D eigenvalue weighted by Gasteiger charge is -2.15. The second kappa shape index (κ2) is 5.13. The van der Waals surface area contributed by atoms with E-state index in [1.165, 1.54) is 0 Å². The van der Waals surface area contributed by atoms with E-state index in [2.05, 4.69) is 6.92 Å². The SMILES string of the molecule is COP(C)CO[C@@H]1CCC(C)O1. The lowest BCUT2D eigenvalue weighted by Crippen LogP contribution is -2.12. The van der Waals surface area contributed by atoms with E-state index in [0.717, 1.165) is 12.8 Å². The molecule has 0 radical (unpaired) electrons. The van der Waals surface area contributed by atoms with Gasteiger partial charge in [-0.05, 0) is 20.0 Å². The molecule has 2 unspecified atom stereocenters. The van der Waals surface area contributed by atoms with Crippen LogP contribution in [0.15, 0.2) is 0 Å². The third kappa shape index (κ3) is 3.36. The Hall–Kier alpha value is 0.310. The van der Waals surface area contributed by atoms with Crippen molar-refractivity contribution in [2.45, 2.75) is 32.2 Å². The van der Waals surface area contributed by atoms with Crippen LogP contribution in [0, 0.1) is 0 Å². The Morgan fingerprint density at radius 1 is 1.50 bits per heavy atom. The van der Waals surface area contributed by atoms with Crippen molar-refractivity contribution in [1.82, 2.24) is 0 Å². The first-order chi connectivity index (χ1) is 5.72. The van der Waals surface area contributed by atoms with E-state index in [9.17, 15) is 0 Å². The summed E-state index contributed by atoms with van der Waals surface area (Å²) in [6.45, 7) is 4.13. The average molecular weight is 192 g/mol. The van der Waals surface area contributed by atoms with Gasteiger partial charge in [-0.15, -0.1) is 0 Å². The van der Waals surface area contributed by atoms with E-state index in [1.807, 2.05) is 6.66 Å². The van der Waals surface area contributed by atoms with Crippen LogP contribution in [0.2, 0.25) is 0 Å². The van der Waals surface area contributed by atoms with Crippen LogP contribution in [-0.2, 0) is 14.0 Å². The Morgan fingerprint density at radius 2 is 2.25 bits per heavy atom. The first-order valence-electron chi connectivity index (χ1n) is 4.24. The Labute approximate surface area is 75.2 Å². The van der Waals surface area contributed by atoms with Gasteiger partial charge in [0, 0.05) is 13.5 Å². The van der Waals surface area contributed by atoms with Crippen molar-refractivity contribution < 1.29 is 14.0 Å². The molecular formula is C8H17O3P. The largest absolute Gasteiger partial charge is 0.360 e. The summed E-state index contributed by atoms with van der Waals surface area (Å²) < 4.78 is 16.1. The maximum atomic E-state index is 5.51. The van der Waals surface area contributed by atoms with Crippen molar-refractivity contribution in [1.29, 1.82) is 0 Å². The van der Waals surface area contributed by atoms with Crippen LogP contribution in [0.5, 0.6) is 0 Å². The van der Waals surface area contributed by atoms with E-state index < -0.39 is 8.15 Å². The minimum absolute atomic E-state index is 0.0140. The molecule has 72 valence electrons. The summed E-state index contributed by atoms with van der Waals surface area (Å²) in [6, 6.07) is 0. The van der Waals surface area contributed by atoms with Crippen LogP contribution in [0.1, 0.15) is 19.8 Å². The van der Waals surface area contributed by atoms with Crippen LogP contribution in [0.3, 0.4) is 0 Å². The van der Waals surface area contributed by atoms with Crippen LogP contribution in [0.25, 0.3) is 0 Å². The molecule has 1 fully saturated rings. The van der Waals surface area contributed by atoms with Gasteiger partial charge in [-0.2, -0.15) is 0 Å². The number of hydrogen-bond donors (Lipinski definition) is 0. The smallest absolute Gasteiger partial charge is 0.158 e. The van der Waals surface area contributed by atoms with Gasteiger partial charge in [0.2, 0.25) is 0 Å². The maximum Gasteiger partial charge on any atom is 0.158 e. The minimum Gasteiger partial charge on any atom is -0.360 e. The van der Waals surface area contributed by atoms with Crippen molar-refractivity contribution in [3.63, 3.8) is 0 Å². The molecule has 0 spiro atoms. The Kier molecular flexibility index (Phi) is 4.44. The molecule has 1 heterocycles. The highest BCUT2D eigenvalue weighted by Crippen LogP contribution is 2.32. The van der Waals surface area contributed by atoms with Gasteiger partial charge in [-0.3, -0.25) is 0 Å². The van der Waals surface area contributed by atoms with Crippen LogP contribution in [-0.4, -0.2) is 32.5 Å². The standard InChI is InChI=1S/C8H17O3P/c1-7-4-5-8(11-7)10-6-12(3)9-2/h7-8H,4-6H2,1-3H3/t7?,8-,12?/m0/s1. The van der Waals surface area contributed by atoms with Crippen molar-refractivity contribution in [3.05, 3.63) is 0 Å². The molecule has 1 rings (SSSR count). The lowest BCUT2D eigenvalue weighted by atomic mass is 10.3. The van der Waals surface area contributed by atoms with E-state index in [4.69, 9.17) is 14.0 Å². The third-order valence-corrected chi connectivity index (χ3v) is 3.08. The highest BCUT2D eigenvalue weighted by molar-refractivity contribution is 7.51. The fraction of sp³-hybridized carbons (Fsp3) is 1.00. The molecule has 0 amide bonds. The van der Waals surface area contributed by atoms with Gasteiger partial charge in [-0.1, -0.05) is 0 Å². The zero-order chi connectivity index (χ0) is 8.97. The van der Waals surface area contributed by atoms with Crippen molar-refractivity contribution >= 4 is 8.15 Å². The fourth-order valence-electron chi connectivity index (χ4n) is 1.13. The van der Waals surface area contributed by atoms with E-state index in [-0.39, 0.29) is 6.29 Å². The first-order valence-corrected chi connectivity index (χ1v) is 6.14. The molecule has 0 aromatic carbocycles. The monoisotopic (exact) mass is 192 g/mol. The summed E-state index contributed by atoms with van der Waals surface area (Å²) in [6.07, 6.45) is 3.19. The van der Waals surface area contributed by atoms with Gasteiger partial charge in [0.1, 0.15) is 0 Å². The molecule has 0 aromatic heterocycles. The van der Waals surface area contributed by atoms with Crippen molar-refractivity contribution in [2.75, 3.05) is 20.1 Å². The highest BCUT2D eigenvalue weighted by Gasteiger charge is 2.22. The second-order valence-electron chi connectivity index (χ2n) is 3.06. The Bertz CT molecular complexity index is 131. The average Bonchev–Trinajstić information content (AvgIpc) is 2.47. The number of hydrogen-bond acceptors (Lipinski definition) is 3. The molecule has 0 aliphatic carbocycles. The Balaban J connectivity index is 2.07. The van der Waals surface area contributed by atoms with Gasteiger partial charge in [0.25, 0.3) is 0 Å². The summed E-state index contributed by atoms with van der Waals surface area (Å²) in [7, 11) is 1.30. The molecule has 0 N–H and O–H groups in total. The topological polar surface area (TPSA) is 27.7 Å². The predicted molar refractivity (Wildman–Crippen MR) is 49.4 cm³/mol. The molecule has 3 nitrogen and oxygen atoms in total. The summed E-state index contributed by atoms with van der Waals surface area (Å²) >= 11 is 0. The van der Waals surface area contributed by atoms with Crippen LogP contribution >= 0.6 is 8.15 Å². The van der Waals surface area contributed by atoms with Gasteiger partial charge < -0.3 is 14.0 Å². The molecule has 0 bridgehead atoms. The zero-order valence-electron chi connectivity index (χ0n) is 7.95. The molecule has 0 saturated carbocycles. The number of rotatable bonds is 4. The predicted octanol–water partition coefficient (Wildman–Crippen LogP) is 2.16. The van der Waals surface area contributed by atoms with E-state index >= 15 is 0 Å². The van der Waals surface area contributed by atoms with E-state index in [0.29, 0.717) is 12.5 Å².